The topological polar surface area (TPSA) is 72.5 Å². The fourth-order valence-corrected chi connectivity index (χ4v) is 3.70. The van der Waals surface area contributed by atoms with Crippen LogP contribution in [0.25, 0.3) is 0 Å². The molecule has 0 radical (unpaired) electrons. The lowest BCUT2D eigenvalue weighted by Crippen LogP contribution is -2.32. The molecular weight excluding hydrogens is 402 g/mol. The van der Waals surface area contributed by atoms with Gasteiger partial charge in [-0.25, -0.2) is 0 Å². The van der Waals surface area contributed by atoms with Gasteiger partial charge in [-0.1, -0.05) is 48.0 Å². The maximum absolute atomic E-state index is 13.0. The maximum Gasteiger partial charge on any atom is 0.265 e. The first kappa shape index (κ1) is 19.9. The van der Waals surface area contributed by atoms with Crippen molar-refractivity contribution in [3.05, 3.63) is 93.5 Å². The van der Waals surface area contributed by atoms with Crippen LogP contribution in [-0.2, 0) is 4.79 Å². The van der Waals surface area contributed by atoms with E-state index in [1.807, 2.05) is 6.92 Å². The number of amides is 1. The van der Waals surface area contributed by atoms with Gasteiger partial charge < -0.3 is 10.1 Å². The van der Waals surface area contributed by atoms with Gasteiger partial charge in [0.05, 0.1) is 11.3 Å². The number of rotatable bonds is 4. The quantitative estimate of drug-likeness (QED) is 0.514. The van der Waals surface area contributed by atoms with Gasteiger partial charge in [-0.05, 0) is 43.7 Å². The second-order valence-corrected chi connectivity index (χ2v) is 7.53. The number of carbonyl (C=O) groups is 3. The predicted octanol–water partition coefficient (Wildman–Crippen LogP) is 4.83. The molecule has 4 rings (SSSR count). The molecule has 0 unspecified atom stereocenters. The van der Waals surface area contributed by atoms with Crippen molar-refractivity contribution in [1.82, 2.24) is 0 Å². The average Bonchev–Trinajstić information content (AvgIpc) is 2.73. The number of hydrogen-bond acceptors (Lipinski definition) is 4. The van der Waals surface area contributed by atoms with Crippen molar-refractivity contribution in [3.63, 3.8) is 0 Å². The number of halogens is 1. The minimum atomic E-state index is -0.831. The van der Waals surface area contributed by atoms with Gasteiger partial charge in [0.2, 0.25) is 0 Å². The Hall–Kier alpha value is -3.44. The van der Waals surface area contributed by atoms with E-state index >= 15 is 0 Å². The smallest absolute Gasteiger partial charge is 0.265 e. The molecule has 0 aliphatic heterocycles. The molecule has 1 aliphatic carbocycles. The van der Waals surface area contributed by atoms with Gasteiger partial charge in [-0.15, -0.1) is 0 Å². The first-order valence-corrected chi connectivity index (χ1v) is 9.79. The summed E-state index contributed by atoms with van der Waals surface area (Å²) in [5.41, 5.74) is 2.26. The summed E-state index contributed by atoms with van der Waals surface area (Å²) in [6.07, 6.45) is -0.831. The first-order valence-electron chi connectivity index (χ1n) is 9.42. The van der Waals surface area contributed by atoms with Crippen LogP contribution in [0.2, 0.25) is 5.02 Å². The van der Waals surface area contributed by atoms with Gasteiger partial charge in [0.1, 0.15) is 5.75 Å². The molecule has 3 aromatic rings. The van der Waals surface area contributed by atoms with Gasteiger partial charge in [-0.2, -0.15) is 0 Å². The fourth-order valence-electron chi connectivity index (χ4n) is 3.47. The fraction of sp³-hybridized carbons (Fsp3) is 0.125. The molecule has 0 heterocycles. The molecule has 3 aromatic carbocycles. The zero-order valence-corrected chi connectivity index (χ0v) is 17.1. The molecule has 1 atom stereocenters. The van der Waals surface area contributed by atoms with E-state index in [0.29, 0.717) is 21.9 Å². The summed E-state index contributed by atoms with van der Waals surface area (Å²) >= 11 is 5.96. The van der Waals surface area contributed by atoms with Crippen LogP contribution in [0.4, 0.5) is 5.69 Å². The summed E-state index contributed by atoms with van der Waals surface area (Å²) in [4.78, 5) is 38.6. The van der Waals surface area contributed by atoms with Crippen LogP contribution in [0.1, 0.15) is 44.3 Å². The highest BCUT2D eigenvalue weighted by Gasteiger charge is 2.32. The van der Waals surface area contributed by atoms with E-state index in [9.17, 15) is 14.4 Å². The van der Waals surface area contributed by atoms with Crippen molar-refractivity contribution >= 4 is 34.8 Å². The number of aryl methyl sites for hydroxylation is 1. The normalized spacial score (nSPS) is 13.3. The summed E-state index contributed by atoms with van der Waals surface area (Å²) in [5.74, 6) is -0.426. The zero-order chi connectivity index (χ0) is 21.4. The summed E-state index contributed by atoms with van der Waals surface area (Å²) < 4.78 is 5.76. The van der Waals surface area contributed by atoms with Gasteiger partial charge in [0.15, 0.2) is 17.7 Å². The van der Waals surface area contributed by atoms with Crippen LogP contribution in [0.5, 0.6) is 5.75 Å². The molecule has 30 heavy (non-hydrogen) atoms. The van der Waals surface area contributed by atoms with E-state index in [4.69, 9.17) is 16.3 Å². The first-order chi connectivity index (χ1) is 14.4. The molecule has 0 saturated carbocycles. The third kappa shape index (κ3) is 3.48. The number of benzene rings is 3. The SMILES string of the molecule is Cc1cc(Cl)ccc1O[C@@H](C)C(=O)Nc1cccc2c1C(=O)c1ccccc1C2=O. The number of ether oxygens (including phenoxy) is 1. The molecule has 5 nitrogen and oxygen atoms in total. The average molecular weight is 420 g/mol. The molecule has 0 spiro atoms. The highest BCUT2D eigenvalue weighted by atomic mass is 35.5. The minimum Gasteiger partial charge on any atom is -0.481 e. The molecule has 0 fully saturated rings. The van der Waals surface area contributed by atoms with Crippen LogP contribution in [0.15, 0.2) is 60.7 Å². The Balaban J connectivity index is 1.61. The molecular formula is C24H18ClNO4. The molecule has 1 aliphatic rings. The zero-order valence-electron chi connectivity index (χ0n) is 16.4. The van der Waals surface area contributed by atoms with E-state index in [1.54, 1.807) is 67.6 Å². The van der Waals surface area contributed by atoms with Crippen molar-refractivity contribution in [1.29, 1.82) is 0 Å². The van der Waals surface area contributed by atoms with Crippen molar-refractivity contribution in [2.45, 2.75) is 20.0 Å². The van der Waals surface area contributed by atoms with Gasteiger partial charge in [0.25, 0.3) is 5.91 Å². The summed E-state index contributed by atoms with van der Waals surface area (Å²) in [6.45, 7) is 3.45. The van der Waals surface area contributed by atoms with Gasteiger partial charge >= 0.3 is 0 Å². The van der Waals surface area contributed by atoms with Crippen LogP contribution in [0.3, 0.4) is 0 Å². The Kier molecular flexibility index (Phi) is 5.14. The number of carbonyl (C=O) groups excluding carboxylic acids is 3. The standard InChI is InChI=1S/C24H18ClNO4/c1-13-12-15(25)10-11-20(13)30-14(2)24(29)26-19-9-5-8-18-21(19)23(28)17-7-4-3-6-16(17)22(18)27/h3-12,14H,1-2H3,(H,26,29)/t14-/m0/s1. The second-order valence-electron chi connectivity index (χ2n) is 7.09. The Bertz CT molecular complexity index is 1200. The molecule has 150 valence electrons. The van der Waals surface area contributed by atoms with E-state index in [1.165, 1.54) is 0 Å². The molecule has 0 aromatic heterocycles. The number of fused-ring (bicyclic) bond motifs is 2. The summed E-state index contributed by atoms with van der Waals surface area (Å²) in [6, 6.07) is 16.7. The van der Waals surface area contributed by atoms with Crippen LogP contribution >= 0.6 is 11.6 Å². The van der Waals surface area contributed by atoms with E-state index in [0.717, 1.165) is 5.56 Å². The van der Waals surface area contributed by atoms with Crippen molar-refractivity contribution in [3.8, 4) is 5.75 Å². The lowest BCUT2D eigenvalue weighted by molar-refractivity contribution is -0.122. The van der Waals surface area contributed by atoms with E-state index < -0.39 is 12.0 Å². The highest BCUT2D eigenvalue weighted by molar-refractivity contribution is 6.31. The van der Waals surface area contributed by atoms with Crippen LogP contribution in [0, 0.1) is 6.92 Å². The Morgan fingerprint density at radius 2 is 1.60 bits per heavy atom. The van der Waals surface area contributed by atoms with Gasteiger partial charge in [-0.3, -0.25) is 14.4 Å². The van der Waals surface area contributed by atoms with Crippen LogP contribution in [-0.4, -0.2) is 23.6 Å². The van der Waals surface area contributed by atoms with Gasteiger partial charge in [0, 0.05) is 21.7 Å². The molecule has 0 bridgehead atoms. The minimum absolute atomic E-state index is 0.199. The Labute approximate surface area is 178 Å². The second kappa shape index (κ2) is 7.76. The lowest BCUT2D eigenvalue weighted by atomic mass is 9.83. The monoisotopic (exact) mass is 419 g/mol. The Morgan fingerprint density at radius 1 is 0.933 bits per heavy atom. The van der Waals surface area contributed by atoms with E-state index in [2.05, 4.69) is 5.32 Å². The number of anilines is 1. The van der Waals surface area contributed by atoms with Crippen molar-refractivity contribution < 1.29 is 19.1 Å². The van der Waals surface area contributed by atoms with Crippen molar-refractivity contribution in [2.24, 2.45) is 0 Å². The number of nitrogens with one attached hydrogen (secondary N) is 1. The van der Waals surface area contributed by atoms with E-state index in [-0.39, 0.29) is 28.4 Å². The molecule has 6 heteroatoms. The molecule has 1 N–H and O–H groups in total. The molecule has 1 amide bonds. The third-order valence-electron chi connectivity index (χ3n) is 5.02. The summed E-state index contributed by atoms with van der Waals surface area (Å²) in [7, 11) is 0. The summed E-state index contributed by atoms with van der Waals surface area (Å²) in [5, 5.41) is 3.32. The number of ketones is 2. The number of hydrogen-bond donors (Lipinski definition) is 1. The third-order valence-corrected chi connectivity index (χ3v) is 5.26. The maximum atomic E-state index is 13.0. The molecule has 0 saturated heterocycles. The lowest BCUT2D eigenvalue weighted by Gasteiger charge is -2.21. The predicted molar refractivity (Wildman–Crippen MR) is 115 cm³/mol. The largest absolute Gasteiger partial charge is 0.481 e. The Morgan fingerprint density at radius 3 is 2.30 bits per heavy atom. The van der Waals surface area contributed by atoms with Crippen molar-refractivity contribution in [2.75, 3.05) is 5.32 Å². The highest BCUT2D eigenvalue weighted by Crippen LogP contribution is 2.32. The van der Waals surface area contributed by atoms with Crippen LogP contribution < -0.4 is 10.1 Å².